The SMILES string of the molecule is CCC1CCCN(C(=O)C(C#N)c2ccccc2)CC1. The van der Waals surface area contributed by atoms with Crippen LogP contribution in [0.2, 0.25) is 0 Å². The van der Waals surface area contributed by atoms with Crippen LogP contribution in [-0.4, -0.2) is 23.9 Å². The maximum Gasteiger partial charge on any atom is 0.244 e. The molecule has 0 radical (unpaired) electrons. The molecule has 0 bridgehead atoms. The topological polar surface area (TPSA) is 44.1 Å². The second-order valence-corrected chi connectivity index (χ2v) is 5.50. The zero-order chi connectivity index (χ0) is 14.4. The lowest BCUT2D eigenvalue weighted by molar-refractivity contribution is -0.131. The average molecular weight is 270 g/mol. The second kappa shape index (κ2) is 7.09. The molecule has 1 saturated heterocycles. The van der Waals surface area contributed by atoms with Gasteiger partial charge < -0.3 is 4.90 Å². The van der Waals surface area contributed by atoms with Crippen molar-refractivity contribution < 1.29 is 4.79 Å². The van der Waals surface area contributed by atoms with E-state index < -0.39 is 5.92 Å². The number of hydrogen-bond acceptors (Lipinski definition) is 2. The van der Waals surface area contributed by atoms with Crippen molar-refractivity contribution in [2.45, 2.75) is 38.5 Å². The van der Waals surface area contributed by atoms with Gasteiger partial charge in [0.2, 0.25) is 5.91 Å². The molecule has 3 nitrogen and oxygen atoms in total. The Morgan fingerprint density at radius 1 is 1.35 bits per heavy atom. The Balaban J connectivity index is 2.08. The third-order valence-electron chi connectivity index (χ3n) is 4.25. The maximum atomic E-state index is 12.6. The molecule has 2 rings (SSSR count). The summed E-state index contributed by atoms with van der Waals surface area (Å²) in [6.07, 6.45) is 4.50. The number of rotatable bonds is 3. The normalized spacial score (nSPS) is 20.8. The van der Waals surface area contributed by atoms with E-state index in [0.717, 1.165) is 37.4 Å². The summed E-state index contributed by atoms with van der Waals surface area (Å²) < 4.78 is 0. The lowest BCUT2D eigenvalue weighted by Gasteiger charge is -2.23. The first-order valence-corrected chi connectivity index (χ1v) is 7.49. The molecule has 0 spiro atoms. The van der Waals surface area contributed by atoms with E-state index in [4.69, 9.17) is 0 Å². The molecule has 1 heterocycles. The van der Waals surface area contributed by atoms with Gasteiger partial charge >= 0.3 is 0 Å². The Labute approximate surface area is 121 Å². The summed E-state index contributed by atoms with van der Waals surface area (Å²) in [5, 5.41) is 9.35. The molecule has 1 aromatic rings. The fourth-order valence-electron chi connectivity index (χ4n) is 2.89. The Morgan fingerprint density at radius 3 is 2.75 bits per heavy atom. The summed E-state index contributed by atoms with van der Waals surface area (Å²) in [5.74, 6) is 0.0369. The van der Waals surface area contributed by atoms with Crippen molar-refractivity contribution in [2.75, 3.05) is 13.1 Å². The molecule has 1 aliphatic heterocycles. The monoisotopic (exact) mass is 270 g/mol. The van der Waals surface area contributed by atoms with Crippen LogP contribution < -0.4 is 0 Å². The molecule has 20 heavy (non-hydrogen) atoms. The standard InChI is InChI=1S/C17H22N2O/c1-2-14-7-6-11-19(12-10-14)17(20)16(13-18)15-8-4-3-5-9-15/h3-5,8-9,14,16H,2,6-7,10-12H2,1H3. The van der Waals surface area contributed by atoms with E-state index in [1.807, 2.05) is 35.2 Å². The first-order valence-electron chi connectivity index (χ1n) is 7.49. The van der Waals surface area contributed by atoms with Crippen LogP contribution in [0.25, 0.3) is 0 Å². The van der Waals surface area contributed by atoms with Gasteiger partial charge in [0, 0.05) is 13.1 Å². The van der Waals surface area contributed by atoms with Gasteiger partial charge in [0.25, 0.3) is 0 Å². The minimum absolute atomic E-state index is 0.0320. The van der Waals surface area contributed by atoms with Crippen LogP contribution in [0, 0.1) is 17.2 Å². The highest BCUT2D eigenvalue weighted by atomic mass is 16.2. The molecular weight excluding hydrogens is 248 g/mol. The van der Waals surface area contributed by atoms with Crippen molar-refractivity contribution in [3.63, 3.8) is 0 Å². The number of amides is 1. The van der Waals surface area contributed by atoms with Gasteiger partial charge in [0.05, 0.1) is 6.07 Å². The van der Waals surface area contributed by atoms with Crippen LogP contribution >= 0.6 is 0 Å². The maximum absolute atomic E-state index is 12.6. The molecule has 0 saturated carbocycles. The molecule has 1 aromatic carbocycles. The molecule has 3 heteroatoms. The largest absolute Gasteiger partial charge is 0.341 e. The van der Waals surface area contributed by atoms with Crippen molar-refractivity contribution >= 4 is 5.91 Å². The zero-order valence-corrected chi connectivity index (χ0v) is 12.1. The van der Waals surface area contributed by atoms with Gasteiger partial charge in [-0.1, -0.05) is 43.7 Å². The first kappa shape index (κ1) is 14.6. The molecule has 1 amide bonds. The molecule has 2 unspecified atom stereocenters. The molecule has 0 aromatic heterocycles. The van der Waals surface area contributed by atoms with Gasteiger partial charge in [0.1, 0.15) is 5.92 Å². The van der Waals surface area contributed by atoms with Crippen LogP contribution in [0.4, 0.5) is 0 Å². The molecule has 1 fully saturated rings. The molecule has 2 atom stereocenters. The third-order valence-corrected chi connectivity index (χ3v) is 4.25. The highest BCUT2D eigenvalue weighted by Gasteiger charge is 2.27. The van der Waals surface area contributed by atoms with Crippen LogP contribution in [0.3, 0.4) is 0 Å². The lowest BCUT2D eigenvalue weighted by atomic mass is 9.98. The quantitative estimate of drug-likeness (QED) is 0.845. The smallest absolute Gasteiger partial charge is 0.244 e. The Morgan fingerprint density at radius 2 is 2.10 bits per heavy atom. The van der Waals surface area contributed by atoms with Crippen LogP contribution in [0.15, 0.2) is 30.3 Å². The number of nitrogens with zero attached hydrogens (tertiary/aromatic N) is 2. The van der Waals surface area contributed by atoms with Gasteiger partial charge in [0.15, 0.2) is 0 Å². The Bertz CT molecular complexity index is 478. The van der Waals surface area contributed by atoms with E-state index in [-0.39, 0.29) is 5.91 Å². The summed E-state index contributed by atoms with van der Waals surface area (Å²) >= 11 is 0. The number of benzene rings is 1. The minimum Gasteiger partial charge on any atom is -0.341 e. The van der Waals surface area contributed by atoms with Gasteiger partial charge in [-0.15, -0.1) is 0 Å². The molecule has 106 valence electrons. The van der Waals surface area contributed by atoms with Crippen molar-refractivity contribution in [3.8, 4) is 6.07 Å². The van der Waals surface area contributed by atoms with Crippen molar-refractivity contribution in [1.82, 2.24) is 4.90 Å². The van der Waals surface area contributed by atoms with E-state index in [9.17, 15) is 10.1 Å². The highest BCUT2D eigenvalue weighted by Crippen LogP contribution is 2.24. The summed E-state index contributed by atoms with van der Waals surface area (Å²) in [7, 11) is 0. The van der Waals surface area contributed by atoms with Crippen LogP contribution in [0.1, 0.15) is 44.1 Å². The predicted molar refractivity (Wildman–Crippen MR) is 79.0 cm³/mol. The summed E-state index contributed by atoms with van der Waals surface area (Å²) in [6.45, 7) is 3.80. The first-order chi connectivity index (χ1) is 9.76. The van der Waals surface area contributed by atoms with Crippen molar-refractivity contribution in [1.29, 1.82) is 5.26 Å². The molecule has 0 aliphatic carbocycles. The van der Waals surface area contributed by atoms with Gasteiger partial charge in [-0.05, 0) is 30.7 Å². The summed E-state index contributed by atoms with van der Waals surface area (Å²) in [4.78, 5) is 14.5. The summed E-state index contributed by atoms with van der Waals surface area (Å²) in [5.41, 5.74) is 0.802. The van der Waals surface area contributed by atoms with Crippen LogP contribution in [-0.2, 0) is 4.79 Å². The molecule has 0 N–H and O–H groups in total. The number of nitriles is 1. The highest BCUT2D eigenvalue weighted by molar-refractivity contribution is 5.86. The summed E-state index contributed by atoms with van der Waals surface area (Å²) in [6, 6.07) is 11.5. The lowest BCUT2D eigenvalue weighted by Crippen LogP contribution is -2.35. The number of carbonyl (C=O) groups excluding carboxylic acids is 1. The minimum atomic E-state index is -0.658. The fourth-order valence-corrected chi connectivity index (χ4v) is 2.89. The predicted octanol–water partition coefficient (Wildman–Crippen LogP) is 3.33. The zero-order valence-electron chi connectivity index (χ0n) is 12.1. The Hall–Kier alpha value is -1.82. The van der Waals surface area contributed by atoms with Crippen LogP contribution in [0.5, 0.6) is 0 Å². The van der Waals surface area contributed by atoms with E-state index in [1.54, 1.807) is 0 Å². The number of hydrogen-bond donors (Lipinski definition) is 0. The fraction of sp³-hybridized carbons (Fsp3) is 0.529. The van der Waals surface area contributed by atoms with E-state index in [1.165, 1.54) is 12.8 Å². The Kier molecular flexibility index (Phi) is 5.17. The molecule has 1 aliphatic rings. The number of carbonyl (C=O) groups is 1. The van der Waals surface area contributed by atoms with E-state index in [2.05, 4.69) is 13.0 Å². The number of likely N-dealkylation sites (tertiary alicyclic amines) is 1. The third kappa shape index (κ3) is 3.39. The molecular formula is C17H22N2O. The van der Waals surface area contributed by atoms with E-state index in [0.29, 0.717) is 0 Å². The van der Waals surface area contributed by atoms with Gasteiger partial charge in [-0.3, -0.25) is 4.79 Å². The van der Waals surface area contributed by atoms with Crippen molar-refractivity contribution in [2.24, 2.45) is 5.92 Å². The van der Waals surface area contributed by atoms with Gasteiger partial charge in [-0.25, -0.2) is 0 Å². The van der Waals surface area contributed by atoms with Crippen molar-refractivity contribution in [3.05, 3.63) is 35.9 Å². The second-order valence-electron chi connectivity index (χ2n) is 5.50. The van der Waals surface area contributed by atoms with E-state index >= 15 is 0 Å². The average Bonchev–Trinajstić information content (AvgIpc) is 2.74. The van der Waals surface area contributed by atoms with Gasteiger partial charge in [-0.2, -0.15) is 5.26 Å².